The van der Waals surface area contributed by atoms with Gasteiger partial charge in [0.05, 0.1) is 56.5 Å². The minimum absolute atomic E-state index is 0.0469. The highest BCUT2D eigenvalue weighted by Gasteiger charge is 2.26. The summed E-state index contributed by atoms with van der Waals surface area (Å²) in [5, 5.41) is 26.6. The Morgan fingerprint density at radius 2 is 0.986 bits per heavy atom. The Labute approximate surface area is 435 Å². The van der Waals surface area contributed by atoms with Gasteiger partial charge in [-0.1, -0.05) is 35.3 Å². The maximum absolute atomic E-state index is 13.6. The van der Waals surface area contributed by atoms with E-state index in [9.17, 15) is 28.8 Å². The molecule has 4 amide bonds. The van der Waals surface area contributed by atoms with Crippen molar-refractivity contribution in [3.05, 3.63) is 129 Å². The number of aryl methyl sites for hydroxylation is 1. The molecule has 4 unspecified atom stereocenters. The van der Waals surface area contributed by atoms with Gasteiger partial charge in [-0.2, -0.15) is 20.5 Å². The highest BCUT2D eigenvalue weighted by molar-refractivity contribution is 6.35. The highest BCUT2D eigenvalue weighted by Crippen LogP contribution is 2.35. The molecule has 5 aromatic rings. The van der Waals surface area contributed by atoms with E-state index in [2.05, 4.69) is 41.7 Å². The number of hydrogen-bond donors (Lipinski definition) is 4. The molecule has 71 heavy (non-hydrogen) atoms. The number of azo groups is 2. The summed E-state index contributed by atoms with van der Waals surface area (Å²) in [7, 11) is 0. The lowest BCUT2D eigenvalue weighted by Crippen LogP contribution is -2.32. The second kappa shape index (κ2) is 26.1. The van der Waals surface area contributed by atoms with Crippen LogP contribution in [-0.4, -0.2) is 66.4 Å². The molecule has 5 rings (SSSR count). The van der Waals surface area contributed by atoms with Crippen molar-refractivity contribution in [2.75, 3.05) is 40.4 Å². The second-order valence-electron chi connectivity index (χ2n) is 15.6. The number of ketones is 2. The third kappa shape index (κ3) is 15.3. The van der Waals surface area contributed by atoms with Gasteiger partial charge < -0.3 is 30.7 Å². The van der Waals surface area contributed by atoms with Gasteiger partial charge in [0.2, 0.25) is 12.1 Å². The minimum atomic E-state index is -1.61. The fourth-order valence-corrected chi connectivity index (χ4v) is 7.71. The smallest absolute Gasteiger partial charge is 0.258 e. The topological polar surface area (TPSA) is 218 Å². The van der Waals surface area contributed by atoms with Gasteiger partial charge in [0, 0.05) is 51.9 Å². The van der Waals surface area contributed by atoms with Crippen LogP contribution < -0.4 is 30.7 Å². The van der Waals surface area contributed by atoms with Crippen molar-refractivity contribution in [1.29, 1.82) is 0 Å². The molecule has 5 aromatic carbocycles. The Kier molecular flexibility index (Phi) is 20.4. The van der Waals surface area contributed by atoms with Gasteiger partial charge in [-0.25, -0.2) is 0 Å². The Morgan fingerprint density at radius 3 is 1.39 bits per heavy atom. The van der Waals surface area contributed by atoms with E-state index in [1.54, 1.807) is 50.2 Å². The number of alkyl halides is 3. The predicted molar refractivity (Wildman–Crippen MR) is 279 cm³/mol. The third-order valence-corrected chi connectivity index (χ3v) is 11.5. The van der Waals surface area contributed by atoms with Gasteiger partial charge in [-0.05, 0) is 120 Å². The molecule has 0 radical (unpaired) electrons. The van der Waals surface area contributed by atoms with E-state index in [-0.39, 0.29) is 67.0 Å². The first-order chi connectivity index (χ1) is 33.8. The lowest BCUT2D eigenvalue weighted by Gasteiger charge is -2.16. The molecule has 0 aromatic heterocycles. The molecule has 372 valence electrons. The van der Waals surface area contributed by atoms with Crippen molar-refractivity contribution in [3.8, 4) is 11.5 Å². The maximum atomic E-state index is 13.6. The summed E-state index contributed by atoms with van der Waals surface area (Å²) in [6.45, 7) is 10.4. The Bertz CT molecular complexity index is 2880. The number of benzene rings is 5. The number of rotatable bonds is 22. The fourth-order valence-electron chi connectivity index (χ4n) is 6.74. The van der Waals surface area contributed by atoms with E-state index >= 15 is 0 Å². The third-order valence-electron chi connectivity index (χ3n) is 10.2. The molecule has 0 aliphatic rings. The summed E-state index contributed by atoms with van der Waals surface area (Å²) < 4.78 is 11.4. The van der Waals surface area contributed by atoms with Gasteiger partial charge in [-0.3, -0.25) is 28.8 Å². The standard InChI is InChI=1S/C50H49Cl5N8O8/c1-7-70-43-24-32(9-14-36(43)26(3)52)56-47(66)38-22-34(11-16-40(38)54)60-62-45(28(5)64)49(68)58-31-13-18-42(30(21-31)19-20-51)59-50(69)46(29(6)65)63-61-35-12-17-41(55)39(23-35)48(67)57-33-10-15-37(27(4)53)44(25-33)71-8-2/h9-18,21-27,45-46H,7-8,19-20H2,1-6H3,(H,56,66)(H,57,67)(H,58,68)(H,59,69). The van der Waals surface area contributed by atoms with Gasteiger partial charge in [-0.15, -0.1) is 34.8 Å². The van der Waals surface area contributed by atoms with Crippen molar-refractivity contribution >= 4 is 127 Å². The number of anilines is 4. The summed E-state index contributed by atoms with van der Waals surface area (Å²) in [6, 6.07) is 19.9. The average Bonchev–Trinajstić information content (AvgIpc) is 3.31. The molecule has 0 spiro atoms. The maximum Gasteiger partial charge on any atom is 0.258 e. The number of Topliss-reactive ketones (excluding diaryl/α,β-unsaturated/α-hetero) is 2. The molecule has 0 saturated heterocycles. The number of carbonyl (C=O) groups is 6. The van der Waals surface area contributed by atoms with E-state index in [0.29, 0.717) is 41.7 Å². The van der Waals surface area contributed by atoms with Crippen molar-refractivity contribution in [2.24, 2.45) is 20.5 Å². The number of halogens is 5. The summed E-state index contributed by atoms with van der Waals surface area (Å²) in [5.41, 5.74) is 3.66. The van der Waals surface area contributed by atoms with Gasteiger partial charge in [0.1, 0.15) is 11.5 Å². The number of amides is 4. The number of ether oxygens (including phenoxy) is 2. The number of nitrogens with one attached hydrogen (secondary N) is 4. The molecule has 0 fully saturated rings. The van der Waals surface area contributed by atoms with E-state index in [4.69, 9.17) is 67.5 Å². The highest BCUT2D eigenvalue weighted by atomic mass is 35.5. The van der Waals surface area contributed by atoms with E-state index in [1.807, 2.05) is 13.8 Å². The second-order valence-corrected chi connectivity index (χ2v) is 18.1. The van der Waals surface area contributed by atoms with Crippen molar-refractivity contribution < 1.29 is 38.2 Å². The quantitative estimate of drug-likeness (QED) is 0.0296. The largest absolute Gasteiger partial charge is 0.493 e. The summed E-state index contributed by atoms with van der Waals surface area (Å²) in [5.74, 6) is -2.92. The molecule has 16 nitrogen and oxygen atoms in total. The van der Waals surface area contributed by atoms with Crippen LogP contribution in [0.2, 0.25) is 10.0 Å². The lowest BCUT2D eigenvalue weighted by atomic mass is 10.1. The Morgan fingerprint density at radius 1 is 0.563 bits per heavy atom. The van der Waals surface area contributed by atoms with Crippen molar-refractivity contribution in [2.45, 2.75) is 70.8 Å². The SMILES string of the molecule is CCOc1cc(NC(=O)c2cc(N=NC(C(C)=O)C(=O)Nc3ccc(NC(=O)C(N=Nc4ccc(Cl)c(C(=O)Nc5ccc(C(C)Cl)c(OCC)c5)c4)C(C)=O)c(CCCl)c3)ccc2Cl)ccc1C(C)Cl. The molecule has 0 aliphatic carbocycles. The average molecular weight is 1070 g/mol. The molecule has 4 N–H and O–H groups in total. The van der Waals surface area contributed by atoms with Crippen LogP contribution in [0.1, 0.15) is 89.7 Å². The van der Waals surface area contributed by atoms with Crippen LogP contribution in [0, 0.1) is 0 Å². The zero-order valence-electron chi connectivity index (χ0n) is 39.2. The van der Waals surface area contributed by atoms with E-state index < -0.39 is 47.3 Å². The van der Waals surface area contributed by atoms with Crippen LogP contribution in [-0.2, 0) is 25.6 Å². The normalized spacial score (nSPS) is 12.9. The zero-order valence-corrected chi connectivity index (χ0v) is 43.0. The van der Waals surface area contributed by atoms with Crippen LogP contribution >= 0.6 is 58.0 Å². The predicted octanol–water partition coefficient (Wildman–Crippen LogP) is 13.0. The van der Waals surface area contributed by atoms with Gasteiger partial charge >= 0.3 is 0 Å². The number of hydrogen-bond acceptors (Lipinski definition) is 12. The first-order valence-corrected chi connectivity index (χ1v) is 24.2. The molecular weight excluding hydrogens is 1020 g/mol. The number of carbonyl (C=O) groups excluding carboxylic acids is 6. The van der Waals surface area contributed by atoms with Crippen molar-refractivity contribution in [1.82, 2.24) is 0 Å². The first kappa shape index (κ1) is 55.5. The van der Waals surface area contributed by atoms with E-state index in [1.165, 1.54) is 68.4 Å². The summed E-state index contributed by atoms with van der Waals surface area (Å²) >= 11 is 31.5. The molecule has 0 aliphatic heterocycles. The Hall–Kier alpha value is -6.43. The van der Waals surface area contributed by atoms with Gasteiger partial charge in [0.15, 0.2) is 11.6 Å². The Balaban J connectivity index is 1.27. The minimum Gasteiger partial charge on any atom is -0.493 e. The molecule has 0 bridgehead atoms. The molecule has 0 saturated carbocycles. The fraction of sp³-hybridized carbons (Fsp3) is 0.280. The first-order valence-electron chi connectivity index (χ1n) is 22.0. The lowest BCUT2D eigenvalue weighted by molar-refractivity contribution is -0.127. The van der Waals surface area contributed by atoms with Crippen LogP contribution in [0.25, 0.3) is 0 Å². The van der Waals surface area contributed by atoms with Gasteiger partial charge in [0.25, 0.3) is 23.6 Å². The molecule has 21 heteroatoms. The molecule has 0 heterocycles. The molecule has 4 atom stereocenters. The van der Waals surface area contributed by atoms with Crippen LogP contribution in [0.3, 0.4) is 0 Å². The molecular formula is C50H49Cl5N8O8. The van der Waals surface area contributed by atoms with Crippen LogP contribution in [0.15, 0.2) is 111 Å². The summed E-state index contributed by atoms with van der Waals surface area (Å²) in [4.78, 5) is 79.1. The zero-order chi connectivity index (χ0) is 51.9. The van der Waals surface area contributed by atoms with Crippen molar-refractivity contribution in [3.63, 3.8) is 0 Å². The monoisotopic (exact) mass is 1060 g/mol. The van der Waals surface area contributed by atoms with Crippen LogP contribution in [0.5, 0.6) is 11.5 Å². The number of nitrogens with zero attached hydrogens (tertiary/aromatic N) is 4. The van der Waals surface area contributed by atoms with E-state index in [0.717, 1.165) is 11.1 Å². The summed E-state index contributed by atoms with van der Waals surface area (Å²) in [6.07, 6.45) is 0.208. The van der Waals surface area contributed by atoms with Crippen LogP contribution in [0.4, 0.5) is 34.1 Å².